The van der Waals surface area contributed by atoms with Gasteiger partial charge >= 0.3 is 6.18 Å². The summed E-state index contributed by atoms with van der Waals surface area (Å²) in [5, 5.41) is 7.63. The summed E-state index contributed by atoms with van der Waals surface area (Å²) < 4.78 is 37.6. The van der Waals surface area contributed by atoms with E-state index < -0.39 is 11.9 Å². The predicted molar refractivity (Wildman–Crippen MR) is 94.7 cm³/mol. The van der Waals surface area contributed by atoms with Crippen molar-refractivity contribution in [3.63, 3.8) is 0 Å². The zero-order chi connectivity index (χ0) is 18.4. The Hall–Kier alpha value is -1.35. The molecule has 1 fully saturated rings. The lowest BCUT2D eigenvalue weighted by Crippen LogP contribution is -2.45. The number of aliphatic imine (C=N–C) groups is 1. The number of likely N-dealkylation sites (tertiary alicyclic amines) is 1. The summed E-state index contributed by atoms with van der Waals surface area (Å²) in [7, 11) is 1.64. The molecule has 142 valence electrons. The molecule has 1 saturated heterocycles. The molecule has 0 amide bonds. The van der Waals surface area contributed by atoms with Gasteiger partial charge in [-0.2, -0.15) is 13.2 Å². The molecule has 1 aliphatic heterocycles. The molecule has 2 heterocycles. The van der Waals surface area contributed by atoms with E-state index in [-0.39, 0.29) is 6.54 Å². The minimum atomic E-state index is -4.39. The zero-order valence-electron chi connectivity index (χ0n) is 14.9. The van der Waals surface area contributed by atoms with Gasteiger partial charge in [-0.15, -0.1) is 11.3 Å². The fraction of sp³-hybridized carbons (Fsp3) is 0.750. The van der Waals surface area contributed by atoms with E-state index in [1.807, 2.05) is 0 Å². The highest BCUT2D eigenvalue weighted by molar-refractivity contribution is 7.09. The molecule has 2 N–H and O–H groups in total. The lowest BCUT2D eigenvalue weighted by Gasteiger charge is -2.35. The highest BCUT2D eigenvalue weighted by atomic mass is 32.1. The van der Waals surface area contributed by atoms with Crippen LogP contribution < -0.4 is 10.6 Å². The molecule has 0 radical (unpaired) electrons. The van der Waals surface area contributed by atoms with Gasteiger partial charge in [0.15, 0.2) is 11.7 Å². The van der Waals surface area contributed by atoms with Crippen LogP contribution in [0.1, 0.15) is 31.0 Å². The SMILES string of the molecule is CN=C(NCCN1CC(C)CC(C)C1)NCc1nc(C(F)(F)F)cs1. The Morgan fingerprint density at radius 3 is 2.56 bits per heavy atom. The summed E-state index contributed by atoms with van der Waals surface area (Å²) in [5.74, 6) is 2.00. The van der Waals surface area contributed by atoms with E-state index in [2.05, 4.69) is 39.4 Å². The molecule has 0 aromatic carbocycles. The summed E-state index contributed by atoms with van der Waals surface area (Å²) in [6.07, 6.45) is -3.11. The molecule has 5 nitrogen and oxygen atoms in total. The quantitative estimate of drug-likeness (QED) is 0.612. The number of aromatic nitrogens is 1. The Labute approximate surface area is 150 Å². The molecule has 1 aliphatic rings. The first-order valence-electron chi connectivity index (χ1n) is 8.46. The summed E-state index contributed by atoms with van der Waals surface area (Å²) in [6, 6.07) is 0. The van der Waals surface area contributed by atoms with Crippen LogP contribution in [0.4, 0.5) is 13.2 Å². The van der Waals surface area contributed by atoms with Gasteiger partial charge in [0.2, 0.25) is 0 Å². The van der Waals surface area contributed by atoms with Gasteiger partial charge in [0.05, 0.1) is 6.54 Å². The molecule has 2 rings (SSSR count). The Morgan fingerprint density at radius 1 is 1.32 bits per heavy atom. The highest BCUT2D eigenvalue weighted by Crippen LogP contribution is 2.29. The van der Waals surface area contributed by atoms with Crippen LogP contribution in [0.5, 0.6) is 0 Å². The molecule has 9 heteroatoms. The van der Waals surface area contributed by atoms with Crippen LogP contribution in [0.25, 0.3) is 0 Å². The van der Waals surface area contributed by atoms with Crippen molar-refractivity contribution in [1.29, 1.82) is 0 Å². The van der Waals surface area contributed by atoms with E-state index in [9.17, 15) is 13.2 Å². The number of alkyl halides is 3. The van der Waals surface area contributed by atoms with Gasteiger partial charge in [-0.1, -0.05) is 13.8 Å². The van der Waals surface area contributed by atoms with Crippen LogP contribution >= 0.6 is 11.3 Å². The number of hydrogen-bond acceptors (Lipinski definition) is 4. The Morgan fingerprint density at radius 2 is 2.00 bits per heavy atom. The van der Waals surface area contributed by atoms with Crippen LogP contribution in [-0.4, -0.2) is 49.1 Å². The number of thiazole rings is 1. The molecule has 2 atom stereocenters. The number of nitrogens with one attached hydrogen (secondary N) is 2. The summed E-state index contributed by atoms with van der Waals surface area (Å²) >= 11 is 0.991. The van der Waals surface area contributed by atoms with Gasteiger partial charge in [0.25, 0.3) is 0 Å². The fourth-order valence-corrected chi connectivity index (χ4v) is 3.95. The summed E-state index contributed by atoms with van der Waals surface area (Å²) in [6.45, 7) is 8.65. The van der Waals surface area contributed by atoms with E-state index in [0.29, 0.717) is 22.8 Å². The second-order valence-electron chi connectivity index (χ2n) is 6.68. The number of hydrogen-bond donors (Lipinski definition) is 2. The molecule has 0 saturated carbocycles. The Balaban J connectivity index is 1.73. The Bertz CT molecular complexity index is 562. The molecule has 1 aromatic heterocycles. The lowest BCUT2D eigenvalue weighted by atomic mass is 9.92. The number of guanidine groups is 1. The van der Waals surface area contributed by atoms with E-state index in [1.165, 1.54) is 6.42 Å². The molecule has 25 heavy (non-hydrogen) atoms. The molecular weight excluding hydrogens is 351 g/mol. The maximum Gasteiger partial charge on any atom is 0.434 e. The highest BCUT2D eigenvalue weighted by Gasteiger charge is 2.33. The van der Waals surface area contributed by atoms with Gasteiger partial charge in [-0.05, 0) is 18.3 Å². The average Bonchev–Trinajstić information content (AvgIpc) is 2.99. The minimum Gasteiger partial charge on any atom is -0.355 e. The average molecular weight is 377 g/mol. The van der Waals surface area contributed by atoms with Crippen molar-refractivity contribution in [2.75, 3.05) is 33.2 Å². The molecule has 0 bridgehead atoms. The second kappa shape index (κ2) is 8.84. The normalized spacial score (nSPS) is 22.9. The minimum absolute atomic E-state index is 0.220. The van der Waals surface area contributed by atoms with Crippen LogP contribution in [0, 0.1) is 11.8 Å². The monoisotopic (exact) mass is 377 g/mol. The number of halogens is 3. The van der Waals surface area contributed by atoms with Gasteiger partial charge in [0, 0.05) is 38.6 Å². The van der Waals surface area contributed by atoms with Gasteiger partial charge < -0.3 is 15.5 Å². The van der Waals surface area contributed by atoms with Gasteiger partial charge in [0.1, 0.15) is 5.01 Å². The van der Waals surface area contributed by atoms with Crippen molar-refractivity contribution in [2.24, 2.45) is 16.8 Å². The third-order valence-corrected chi connectivity index (χ3v) is 4.99. The molecule has 0 aliphatic carbocycles. The standard InChI is InChI=1S/C16H26F3N5S/c1-11-6-12(2)9-24(8-11)5-4-21-15(20-3)22-7-14-23-13(10-25-14)16(17,18)19/h10-12H,4-9H2,1-3H3,(H2,20,21,22). The molecule has 0 spiro atoms. The van der Waals surface area contributed by atoms with E-state index in [1.54, 1.807) is 7.05 Å². The predicted octanol–water partition coefficient (Wildman–Crippen LogP) is 2.80. The Kier molecular flexibility index (Phi) is 7.06. The molecule has 1 aromatic rings. The fourth-order valence-electron chi connectivity index (χ4n) is 3.21. The van der Waals surface area contributed by atoms with Crippen molar-refractivity contribution in [3.05, 3.63) is 16.1 Å². The summed E-state index contributed by atoms with van der Waals surface area (Å²) in [4.78, 5) is 10.1. The van der Waals surface area contributed by atoms with Crippen molar-refractivity contribution in [3.8, 4) is 0 Å². The lowest BCUT2D eigenvalue weighted by molar-refractivity contribution is -0.140. The first-order chi connectivity index (χ1) is 11.8. The molecular formula is C16H26F3N5S. The van der Waals surface area contributed by atoms with Crippen molar-refractivity contribution in [2.45, 2.75) is 33.0 Å². The van der Waals surface area contributed by atoms with E-state index in [4.69, 9.17) is 0 Å². The van der Waals surface area contributed by atoms with Crippen LogP contribution in [0.15, 0.2) is 10.4 Å². The maximum absolute atomic E-state index is 12.5. The first kappa shape index (κ1) is 20.0. The zero-order valence-corrected chi connectivity index (χ0v) is 15.7. The summed E-state index contributed by atoms with van der Waals surface area (Å²) in [5.41, 5.74) is -0.842. The maximum atomic E-state index is 12.5. The van der Waals surface area contributed by atoms with E-state index >= 15 is 0 Å². The van der Waals surface area contributed by atoms with Gasteiger partial charge in [-0.25, -0.2) is 4.98 Å². The molecule has 2 unspecified atom stereocenters. The van der Waals surface area contributed by atoms with Crippen LogP contribution in [0.2, 0.25) is 0 Å². The van der Waals surface area contributed by atoms with Crippen molar-refractivity contribution in [1.82, 2.24) is 20.5 Å². The number of nitrogens with zero attached hydrogens (tertiary/aromatic N) is 3. The van der Waals surface area contributed by atoms with Gasteiger partial charge in [-0.3, -0.25) is 4.99 Å². The third kappa shape index (κ3) is 6.47. The smallest absolute Gasteiger partial charge is 0.355 e. The number of rotatable bonds is 5. The third-order valence-electron chi connectivity index (χ3n) is 4.14. The first-order valence-corrected chi connectivity index (χ1v) is 9.34. The topological polar surface area (TPSA) is 52.6 Å². The van der Waals surface area contributed by atoms with E-state index in [0.717, 1.165) is 42.9 Å². The second-order valence-corrected chi connectivity index (χ2v) is 7.63. The van der Waals surface area contributed by atoms with Crippen LogP contribution in [-0.2, 0) is 12.7 Å². The number of piperidine rings is 1. The largest absolute Gasteiger partial charge is 0.434 e. The van der Waals surface area contributed by atoms with Crippen molar-refractivity contribution >= 4 is 17.3 Å². The van der Waals surface area contributed by atoms with Crippen molar-refractivity contribution < 1.29 is 13.2 Å². The van der Waals surface area contributed by atoms with Crippen LogP contribution in [0.3, 0.4) is 0 Å².